The summed E-state index contributed by atoms with van der Waals surface area (Å²) in [4.78, 5) is 0. The van der Waals surface area contributed by atoms with Crippen molar-refractivity contribution in [3.8, 4) is 22.6 Å². The predicted molar refractivity (Wildman–Crippen MR) is 117 cm³/mol. The van der Waals surface area contributed by atoms with Gasteiger partial charge in [0.05, 0.1) is 0 Å². The summed E-state index contributed by atoms with van der Waals surface area (Å²) in [6.45, 7) is 0. The molecule has 0 fully saturated rings. The largest absolute Gasteiger partial charge is 0.541 e. The molecule has 0 aliphatic carbocycles. The van der Waals surface area contributed by atoms with Crippen LogP contribution in [-0.4, -0.2) is 0 Å². The number of benzene rings is 4. The monoisotopic (exact) mass is 401 g/mol. The number of hydrogen-bond donors (Lipinski definition) is 1. The summed E-state index contributed by atoms with van der Waals surface area (Å²) in [5.74, 6) is 0.917. The molecule has 0 spiro atoms. The van der Waals surface area contributed by atoms with Crippen molar-refractivity contribution in [1.29, 1.82) is 0 Å². The molecular weight excluding hydrogens is 381 g/mol. The zero-order valence-electron chi connectivity index (χ0n) is 15.6. The lowest BCUT2D eigenvalue weighted by molar-refractivity contribution is 0.393. The van der Waals surface area contributed by atoms with Gasteiger partial charge >= 0.3 is 7.75 Å². The molecule has 0 bridgehead atoms. The molecule has 0 saturated heterocycles. The van der Waals surface area contributed by atoms with Gasteiger partial charge in [-0.05, 0) is 47.5 Å². The molecule has 0 radical (unpaired) electrons. The molecule has 0 aromatic heterocycles. The van der Waals surface area contributed by atoms with E-state index in [2.05, 4.69) is 5.09 Å². The van der Waals surface area contributed by atoms with Crippen LogP contribution in [0.1, 0.15) is 0 Å². The fourth-order valence-electron chi connectivity index (χ4n) is 2.83. The Morgan fingerprint density at radius 1 is 0.517 bits per heavy atom. The maximum absolute atomic E-state index is 13.5. The van der Waals surface area contributed by atoms with E-state index in [4.69, 9.17) is 9.05 Å². The molecule has 0 amide bonds. The van der Waals surface area contributed by atoms with Crippen LogP contribution in [0.15, 0.2) is 115 Å². The van der Waals surface area contributed by atoms with Gasteiger partial charge in [-0.3, -0.25) is 5.09 Å². The molecule has 4 aromatic rings. The molecule has 4 aromatic carbocycles. The van der Waals surface area contributed by atoms with E-state index < -0.39 is 7.75 Å². The lowest BCUT2D eigenvalue weighted by Crippen LogP contribution is -2.09. The van der Waals surface area contributed by atoms with E-state index in [0.29, 0.717) is 17.2 Å². The Hall–Kier alpha value is -3.49. The number of para-hydroxylation sites is 2. The van der Waals surface area contributed by atoms with Gasteiger partial charge in [0, 0.05) is 5.69 Å². The maximum Gasteiger partial charge on any atom is 0.541 e. The van der Waals surface area contributed by atoms with Crippen LogP contribution in [0, 0.1) is 0 Å². The number of rotatable bonds is 7. The zero-order chi connectivity index (χ0) is 19.9. The summed E-state index contributed by atoms with van der Waals surface area (Å²) in [5, 5.41) is 2.94. The van der Waals surface area contributed by atoms with Gasteiger partial charge in [-0.1, -0.05) is 78.9 Å². The van der Waals surface area contributed by atoms with Crippen molar-refractivity contribution >= 4 is 13.4 Å². The second kappa shape index (κ2) is 8.68. The third-order valence-corrected chi connectivity index (χ3v) is 5.63. The average Bonchev–Trinajstić information content (AvgIpc) is 2.76. The van der Waals surface area contributed by atoms with Crippen LogP contribution in [0.3, 0.4) is 0 Å². The molecule has 0 aliphatic rings. The number of nitrogens with one attached hydrogen (secondary N) is 1. The van der Waals surface area contributed by atoms with E-state index in [0.717, 1.165) is 11.1 Å². The van der Waals surface area contributed by atoms with Gasteiger partial charge in [0.1, 0.15) is 11.5 Å². The molecule has 5 heteroatoms. The lowest BCUT2D eigenvalue weighted by Gasteiger charge is -2.21. The number of hydrogen-bond acceptors (Lipinski definition) is 3. The molecule has 0 aliphatic heterocycles. The molecular formula is C24H20NO3P. The van der Waals surface area contributed by atoms with Crippen LogP contribution >= 0.6 is 7.75 Å². The van der Waals surface area contributed by atoms with Gasteiger partial charge in [0.2, 0.25) is 0 Å². The van der Waals surface area contributed by atoms with Crippen LogP contribution in [-0.2, 0) is 4.57 Å². The highest BCUT2D eigenvalue weighted by Crippen LogP contribution is 2.48. The molecule has 4 nitrogen and oxygen atoms in total. The van der Waals surface area contributed by atoms with Gasteiger partial charge in [-0.2, -0.15) is 0 Å². The van der Waals surface area contributed by atoms with E-state index >= 15 is 0 Å². The standard InChI is InChI=1S/C24H20NO3P/c26-29(27-23-12-6-2-7-13-23,28-24-14-8-3-9-15-24)25-22-18-16-21(17-19-22)20-10-4-1-5-11-20/h1-19H,(H,25,26). The number of anilines is 1. The second-order valence-corrected chi connectivity index (χ2v) is 7.95. The highest BCUT2D eigenvalue weighted by Gasteiger charge is 2.29. The SMILES string of the molecule is O=P(Nc1ccc(-c2ccccc2)cc1)(Oc1ccccc1)Oc1ccccc1. The Balaban J connectivity index is 1.58. The Labute approximate surface area is 170 Å². The summed E-state index contributed by atoms with van der Waals surface area (Å²) >= 11 is 0. The van der Waals surface area contributed by atoms with Crippen LogP contribution in [0.25, 0.3) is 11.1 Å². The van der Waals surface area contributed by atoms with Crippen molar-refractivity contribution in [3.05, 3.63) is 115 Å². The van der Waals surface area contributed by atoms with Gasteiger partial charge in [-0.15, -0.1) is 0 Å². The summed E-state index contributed by atoms with van der Waals surface area (Å²) < 4.78 is 25.0. The quantitative estimate of drug-likeness (QED) is 0.338. The molecule has 0 heterocycles. The summed E-state index contributed by atoms with van der Waals surface area (Å²) in [5.41, 5.74) is 2.82. The summed E-state index contributed by atoms with van der Waals surface area (Å²) in [7, 11) is -3.72. The minimum absolute atomic E-state index is 0.458. The Kier molecular flexibility index (Phi) is 5.64. The molecule has 0 unspecified atom stereocenters. The van der Waals surface area contributed by atoms with E-state index in [1.54, 1.807) is 24.3 Å². The minimum atomic E-state index is -3.72. The summed E-state index contributed by atoms with van der Waals surface area (Å²) in [6.07, 6.45) is 0. The minimum Gasteiger partial charge on any atom is -0.400 e. The maximum atomic E-state index is 13.5. The molecule has 0 atom stereocenters. The molecule has 4 rings (SSSR count). The van der Waals surface area contributed by atoms with Gasteiger partial charge in [-0.25, -0.2) is 4.57 Å². The van der Waals surface area contributed by atoms with E-state index in [1.807, 2.05) is 91.0 Å². The fourth-order valence-corrected chi connectivity index (χ4v) is 4.22. The van der Waals surface area contributed by atoms with Gasteiger partial charge < -0.3 is 9.05 Å². The first-order chi connectivity index (χ1) is 14.2. The van der Waals surface area contributed by atoms with Crippen LogP contribution in [0.4, 0.5) is 5.69 Å². The van der Waals surface area contributed by atoms with Crippen molar-refractivity contribution in [3.63, 3.8) is 0 Å². The Bertz CT molecular complexity index is 1040. The first-order valence-corrected chi connectivity index (χ1v) is 10.8. The Morgan fingerprint density at radius 2 is 0.931 bits per heavy atom. The van der Waals surface area contributed by atoms with Gasteiger partial charge in [0.15, 0.2) is 0 Å². The highest BCUT2D eigenvalue weighted by atomic mass is 31.2. The van der Waals surface area contributed by atoms with Crippen LogP contribution in [0.5, 0.6) is 11.5 Å². The van der Waals surface area contributed by atoms with E-state index in [-0.39, 0.29) is 0 Å². The molecule has 29 heavy (non-hydrogen) atoms. The fraction of sp³-hybridized carbons (Fsp3) is 0. The first kappa shape index (κ1) is 18.9. The molecule has 144 valence electrons. The van der Waals surface area contributed by atoms with Crippen molar-refractivity contribution < 1.29 is 13.6 Å². The molecule has 1 N–H and O–H groups in total. The van der Waals surface area contributed by atoms with Crippen LogP contribution in [0.2, 0.25) is 0 Å². The van der Waals surface area contributed by atoms with Crippen molar-refractivity contribution in [2.75, 3.05) is 5.09 Å². The lowest BCUT2D eigenvalue weighted by atomic mass is 10.1. The smallest absolute Gasteiger partial charge is 0.400 e. The second-order valence-electron chi connectivity index (χ2n) is 6.36. The first-order valence-electron chi connectivity index (χ1n) is 9.23. The molecule has 0 saturated carbocycles. The van der Waals surface area contributed by atoms with E-state index in [1.165, 1.54) is 0 Å². The average molecular weight is 401 g/mol. The Morgan fingerprint density at radius 3 is 1.41 bits per heavy atom. The van der Waals surface area contributed by atoms with Crippen molar-refractivity contribution in [1.82, 2.24) is 0 Å². The summed E-state index contributed by atoms with van der Waals surface area (Å²) in [6, 6.07) is 35.7. The van der Waals surface area contributed by atoms with Crippen LogP contribution < -0.4 is 14.1 Å². The predicted octanol–water partition coefficient (Wildman–Crippen LogP) is 7.03. The van der Waals surface area contributed by atoms with E-state index in [9.17, 15) is 4.57 Å². The third kappa shape index (κ3) is 5.07. The highest BCUT2D eigenvalue weighted by molar-refractivity contribution is 7.56. The topological polar surface area (TPSA) is 47.6 Å². The van der Waals surface area contributed by atoms with Crippen molar-refractivity contribution in [2.24, 2.45) is 0 Å². The normalized spacial score (nSPS) is 10.9. The third-order valence-electron chi connectivity index (χ3n) is 4.20. The zero-order valence-corrected chi connectivity index (χ0v) is 16.5. The van der Waals surface area contributed by atoms with Gasteiger partial charge in [0.25, 0.3) is 0 Å². The van der Waals surface area contributed by atoms with Crippen molar-refractivity contribution in [2.45, 2.75) is 0 Å².